The zero-order valence-electron chi connectivity index (χ0n) is 36.9. The van der Waals surface area contributed by atoms with Crippen LogP contribution in [0.5, 0.6) is 0 Å². The summed E-state index contributed by atoms with van der Waals surface area (Å²) in [7, 11) is 1.40. The molecule has 0 unspecified atom stereocenters. The molecular formula is C40H70N3NaO12. The molecule has 15 nitrogen and oxygen atoms in total. The van der Waals surface area contributed by atoms with E-state index in [1.54, 1.807) is 46.4 Å². The van der Waals surface area contributed by atoms with Gasteiger partial charge in [0.1, 0.15) is 16.8 Å². The Labute approximate surface area is 357 Å². The molecule has 56 heavy (non-hydrogen) atoms. The SMILES string of the molecule is CCC[C@]1(C(=O)O)CCN(C(=O)OC(C)(C)C)C1.CCC[C@]1(C(=O)OC)CCN(C(=O)OC(C)(C)C)C1.CCC[C@]1(C(=O)[O-])CCN(C(=O)OC(C)(C)C)C1.[Na+]. The van der Waals surface area contributed by atoms with Gasteiger partial charge in [-0.15, -0.1) is 0 Å². The summed E-state index contributed by atoms with van der Waals surface area (Å²) in [5, 5.41) is 20.6. The molecule has 0 spiro atoms. The summed E-state index contributed by atoms with van der Waals surface area (Å²) in [4.78, 5) is 75.0. The molecule has 3 atom stereocenters. The van der Waals surface area contributed by atoms with Crippen molar-refractivity contribution in [2.45, 2.75) is 158 Å². The van der Waals surface area contributed by atoms with Crippen molar-refractivity contribution in [1.29, 1.82) is 0 Å². The summed E-state index contributed by atoms with van der Waals surface area (Å²) < 4.78 is 20.8. The molecule has 3 rings (SSSR count). The van der Waals surface area contributed by atoms with Gasteiger partial charge in [0.25, 0.3) is 0 Å². The van der Waals surface area contributed by atoms with E-state index >= 15 is 0 Å². The normalized spacial score (nSPS) is 23.4. The van der Waals surface area contributed by atoms with Crippen molar-refractivity contribution in [1.82, 2.24) is 14.7 Å². The van der Waals surface area contributed by atoms with Crippen LogP contribution in [0.3, 0.4) is 0 Å². The van der Waals surface area contributed by atoms with Crippen molar-refractivity contribution in [3.05, 3.63) is 0 Å². The summed E-state index contributed by atoms with van der Waals surface area (Å²) in [5.41, 5.74) is -3.86. The molecule has 3 heterocycles. The van der Waals surface area contributed by atoms with E-state index in [0.717, 1.165) is 25.7 Å². The van der Waals surface area contributed by atoms with Crippen LogP contribution in [0.1, 0.15) is 141 Å². The summed E-state index contributed by atoms with van der Waals surface area (Å²) in [6.07, 6.45) is 4.71. The van der Waals surface area contributed by atoms with E-state index < -0.39 is 57.2 Å². The third-order valence-electron chi connectivity index (χ3n) is 9.71. The second kappa shape index (κ2) is 21.8. The molecule has 0 saturated carbocycles. The van der Waals surface area contributed by atoms with E-state index in [-0.39, 0.29) is 54.7 Å². The maximum absolute atomic E-state index is 12.0. The number of carbonyl (C=O) groups excluding carboxylic acids is 5. The number of esters is 1. The van der Waals surface area contributed by atoms with E-state index in [1.165, 1.54) is 16.9 Å². The van der Waals surface area contributed by atoms with Crippen LogP contribution in [0.2, 0.25) is 0 Å². The third-order valence-corrected chi connectivity index (χ3v) is 9.71. The molecular weight excluding hydrogens is 737 g/mol. The number of aliphatic carboxylic acids is 2. The zero-order chi connectivity index (χ0) is 42.6. The molecule has 0 radical (unpaired) electrons. The number of ether oxygens (including phenoxy) is 4. The zero-order valence-corrected chi connectivity index (χ0v) is 38.9. The minimum absolute atomic E-state index is 0. The Morgan fingerprint density at radius 1 is 0.571 bits per heavy atom. The van der Waals surface area contributed by atoms with Gasteiger partial charge in [0.2, 0.25) is 0 Å². The fraction of sp³-hybridized carbons (Fsp3) is 0.850. The maximum atomic E-state index is 12.0. The van der Waals surface area contributed by atoms with Crippen molar-refractivity contribution < 1.29 is 87.5 Å². The Hall–Kier alpha value is -2.78. The Kier molecular flexibility index (Phi) is 20.7. The second-order valence-corrected chi connectivity index (χ2v) is 18.1. The van der Waals surface area contributed by atoms with Crippen LogP contribution in [0.4, 0.5) is 14.4 Å². The van der Waals surface area contributed by atoms with Gasteiger partial charge in [0.05, 0.1) is 17.9 Å². The molecule has 0 aromatic carbocycles. The molecule has 3 aliphatic rings. The first-order valence-electron chi connectivity index (χ1n) is 19.6. The number of likely N-dealkylation sites (tertiary alicyclic amines) is 3. The van der Waals surface area contributed by atoms with Gasteiger partial charge in [-0.25, -0.2) is 14.4 Å². The van der Waals surface area contributed by atoms with E-state index in [4.69, 9.17) is 18.9 Å². The van der Waals surface area contributed by atoms with Gasteiger partial charge < -0.3 is 48.7 Å². The first-order chi connectivity index (χ1) is 25.1. The number of amides is 3. The van der Waals surface area contributed by atoms with Gasteiger partial charge in [0.15, 0.2) is 0 Å². The van der Waals surface area contributed by atoms with Crippen LogP contribution >= 0.6 is 0 Å². The topological polar surface area (TPSA) is 192 Å². The van der Waals surface area contributed by atoms with Gasteiger partial charge in [0, 0.05) is 50.7 Å². The quantitative estimate of drug-likeness (QED) is 0.204. The van der Waals surface area contributed by atoms with E-state index in [2.05, 4.69) is 0 Å². The van der Waals surface area contributed by atoms with Crippen molar-refractivity contribution in [2.75, 3.05) is 46.4 Å². The predicted molar refractivity (Wildman–Crippen MR) is 204 cm³/mol. The number of hydrogen-bond acceptors (Lipinski definition) is 11. The Bertz CT molecular complexity index is 1270. The number of carboxylic acids is 2. The van der Waals surface area contributed by atoms with Crippen molar-refractivity contribution in [3.63, 3.8) is 0 Å². The average molecular weight is 808 g/mol. The van der Waals surface area contributed by atoms with Crippen LogP contribution in [0.25, 0.3) is 0 Å². The fourth-order valence-electron chi connectivity index (χ4n) is 7.15. The van der Waals surface area contributed by atoms with Crippen LogP contribution in [0.15, 0.2) is 0 Å². The van der Waals surface area contributed by atoms with E-state index in [0.29, 0.717) is 58.3 Å². The monoisotopic (exact) mass is 807 g/mol. The Morgan fingerprint density at radius 3 is 1.16 bits per heavy atom. The molecule has 0 aliphatic carbocycles. The Balaban J connectivity index is 0.000000803. The second-order valence-electron chi connectivity index (χ2n) is 18.1. The summed E-state index contributed by atoms with van der Waals surface area (Å²) in [6.45, 7) is 24.5. The molecule has 0 aromatic heterocycles. The van der Waals surface area contributed by atoms with Crippen molar-refractivity contribution in [2.24, 2.45) is 16.2 Å². The number of hydrogen-bond donors (Lipinski definition) is 1. The minimum atomic E-state index is -1.06. The van der Waals surface area contributed by atoms with E-state index in [9.17, 15) is 39.0 Å². The molecule has 3 saturated heterocycles. The average Bonchev–Trinajstić information content (AvgIpc) is 3.79. The van der Waals surface area contributed by atoms with Crippen LogP contribution in [-0.2, 0) is 33.3 Å². The third kappa shape index (κ3) is 16.2. The molecule has 1 N–H and O–H groups in total. The number of carboxylic acid groups (broad SMARTS) is 2. The van der Waals surface area contributed by atoms with Crippen molar-refractivity contribution in [3.8, 4) is 0 Å². The molecule has 3 amide bonds. The summed E-state index contributed by atoms with van der Waals surface area (Å²) >= 11 is 0. The van der Waals surface area contributed by atoms with Crippen LogP contribution in [0, 0.1) is 16.2 Å². The molecule has 0 bridgehead atoms. The molecule has 3 aliphatic heterocycles. The van der Waals surface area contributed by atoms with Crippen molar-refractivity contribution >= 4 is 36.2 Å². The summed E-state index contributed by atoms with van der Waals surface area (Å²) in [6, 6.07) is 0. The number of rotatable bonds is 9. The first kappa shape index (κ1) is 53.2. The minimum Gasteiger partial charge on any atom is -0.549 e. The maximum Gasteiger partial charge on any atom is 1.00 e. The van der Waals surface area contributed by atoms with Gasteiger partial charge >= 0.3 is 59.8 Å². The van der Waals surface area contributed by atoms with E-state index in [1.807, 2.05) is 41.5 Å². The molecule has 318 valence electrons. The van der Waals surface area contributed by atoms with Gasteiger partial charge in [-0.3, -0.25) is 9.59 Å². The van der Waals surface area contributed by atoms with Gasteiger partial charge in [-0.05, 0) is 101 Å². The molecule has 16 heteroatoms. The van der Waals surface area contributed by atoms with Gasteiger partial charge in [-0.1, -0.05) is 40.0 Å². The molecule has 3 fully saturated rings. The number of methoxy groups -OCH3 is 1. The standard InChI is InChI=1S/C14H25NO4.2C13H23NO4.Na/c1-6-7-14(11(16)18-5)8-9-15(10-14)12(17)19-13(2,3)4;2*1-5-6-13(10(15)16)7-8-14(9-13)11(17)18-12(2,3)4;/h6-10H2,1-5H3;2*5-9H2,1-4H3,(H,15,16);/q;;;+1/p-1/t14-;2*13-;/m000./s1. The smallest absolute Gasteiger partial charge is 0.549 e. The van der Waals surface area contributed by atoms with Gasteiger partial charge in [-0.2, -0.15) is 0 Å². The fourth-order valence-corrected chi connectivity index (χ4v) is 7.15. The molecule has 0 aromatic rings. The van der Waals surface area contributed by atoms with Crippen LogP contribution in [-0.4, -0.2) is 119 Å². The summed E-state index contributed by atoms with van der Waals surface area (Å²) in [5.74, 6) is -2.09. The van der Waals surface area contributed by atoms with Crippen LogP contribution < -0.4 is 34.7 Å². The predicted octanol–water partition coefficient (Wildman–Crippen LogP) is 3.25. The number of carbonyl (C=O) groups is 6. The number of nitrogens with zero attached hydrogens (tertiary/aromatic N) is 3. The first-order valence-corrected chi connectivity index (χ1v) is 19.6. The Morgan fingerprint density at radius 2 is 0.857 bits per heavy atom. The largest absolute Gasteiger partial charge is 1.00 e.